The third-order valence-corrected chi connectivity index (χ3v) is 8.09. The zero-order valence-electron chi connectivity index (χ0n) is 26.5. The number of alkyl carbamates (subject to hydrolysis) is 1. The van der Waals surface area contributed by atoms with E-state index in [1.807, 2.05) is 52.5 Å². The summed E-state index contributed by atoms with van der Waals surface area (Å²) >= 11 is 0. The van der Waals surface area contributed by atoms with Gasteiger partial charge in [-0.25, -0.2) is 9.59 Å². The fourth-order valence-electron chi connectivity index (χ4n) is 6.02. The maximum Gasteiger partial charge on any atom is 0.410 e. The van der Waals surface area contributed by atoms with E-state index in [9.17, 15) is 19.2 Å². The standard InChI is InChI=1S/C31H46N4O8/c1-20(2)35(22-9-8-13-33(19-22)29(39)43-30(4,5)6)26(36)23-18-24-25(17-21(23)3)42-31(10-15-41-16-11-31)27(37)34(24)14-12-32-28(38)40-7/h17-18,20,22H,8-16,19H2,1-7H3,(H,32,38)/t22-/m1/s1. The summed E-state index contributed by atoms with van der Waals surface area (Å²) in [7, 11) is 1.28. The highest BCUT2D eigenvalue weighted by atomic mass is 16.6. The number of nitrogens with zero attached hydrogens (tertiary/aromatic N) is 3. The van der Waals surface area contributed by atoms with Gasteiger partial charge in [-0.1, -0.05) is 0 Å². The minimum atomic E-state index is -1.06. The molecule has 1 atom stereocenters. The van der Waals surface area contributed by atoms with Crippen molar-refractivity contribution in [1.29, 1.82) is 0 Å². The van der Waals surface area contributed by atoms with Crippen molar-refractivity contribution in [1.82, 2.24) is 15.1 Å². The maximum absolute atomic E-state index is 14.3. The van der Waals surface area contributed by atoms with Crippen LogP contribution in [0.5, 0.6) is 5.75 Å². The van der Waals surface area contributed by atoms with Crippen LogP contribution >= 0.6 is 0 Å². The molecule has 2 saturated heterocycles. The molecule has 0 aliphatic carbocycles. The molecule has 12 nitrogen and oxygen atoms in total. The van der Waals surface area contributed by atoms with Crippen LogP contribution in [0.1, 0.15) is 76.2 Å². The third kappa shape index (κ3) is 7.17. The lowest BCUT2D eigenvalue weighted by Crippen LogP contribution is -2.59. The lowest BCUT2D eigenvalue weighted by atomic mass is 9.89. The number of benzene rings is 1. The molecule has 0 saturated carbocycles. The predicted octanol–water partition coefficient (Wildman–Crippen LogP) is 3.88. The summed E-state index contributed by atoms with van der Waals surface area (Å²) in [4.78, 5) is 57.9. The number of aryl methyl sites for hydroxylation is 1. The number of hydrogen-bond donors (Lipinski definition) is 1. The molecule has 1 spiro atoms. The quantitative estimate of drug-likeness (QED) is 0.520. The Kier molecular flexibility index (Phi) is 9.78. The normalized spacial score (nSPS) is 19.9. The number of likely N-dealkylation sites (tertiary alicyclic amines) is 1. The number of carbonyl (C=O) groups is 4. The molecule has 3 heterocycles. The van der Waals surface area contributed by atoms with E-state index in [4.69, 9.17) is 14.2 Å². The van der Waals surface area contributed by atoms with Gasteiger partial charge in [0.05, 0.1) is 32.1 Å². The van der Waals surface area contributed by atoms with Gasteiger partial charge in [-0.05, 0) is 72.1 Å². The molecule has 1 N–H and O–H groups in total. The highest BCUT2D eigenvalue weighted by Crippen LogP contribution is 2.43. The number of fused-ring (bicyclic) bond motifs is 1. The van der Waals surface area contributed by atoms with Gasteiger partial charge in [0, 0.05) is 50.6 Å². The average Bonchev–Trinajstić information content (AvgIpc) is 2.94. The number of methoxy groups -OCH3 is 1. The van der Waals surface area contributed by atoms with Crippen molar-refractivity contribution in [3.63, 3.8) is 0 Å². The van der Waals surface area contributed by atoms with E-state index in [0.29, 0.717) is 56.1 Å². The number of rotatable bonds is 6. The highest BCUT2D eigenvalue weighted by molar-refractivity contribution is 6.05. The van der Waals surface area contributed by atoms with Crippen LogP contribution in [0.4, 0.5) is 15.3 Å². The zero-order chi connectivity index (χ0) is 31.5. The second kappa shape index (κ2) is 13.0. The number of hydrogen-bond acceptors (Lipinski definition) is 8. The minimum absolute atomic E-state index is 0.143. The lowest BCUT2D eigenvalue weighted by molar-refractivity contribution is -0.144. The van der Waals surface area contributed by atoms with Crippen LogP contribution < -0.4 is 15.0 Å². The Hall–Kier alpha value is -3.54. The van der Waals surface area contributed by atoms with E-state index >= 15 is 0 Å². The number of ether oxygens (including phenoxy) is 4. The molecule has 3 aliphatic heterocycles. The predicted molar refractivity (Wildman–Crippen MR) is 159 cm³/mol. The highest BCUT2D eigenvalue weighted by Gasteiger charge is 2.49. The van der Waals surface area contributed by atoms with Crippen molar-refractivity contribution in [3.05, 3.63) is 23.3 Å². The fraction of sp³-hybridized carbons (Fsp3) is 0.677. The SMILES string of the molecule is COC(=O)NCCN1C(=O)C2(CCOCC2)Oc2cc(C)c(C(=O)N(C(C)C)[C@@H]3CCCN(C(=O)OC(C)(C)C)C3)cc21. The van der Waals surface area contributed by atoms with Gasteiger partial charge in [-0.3, -0.25) is 9.59 Å². The van der Waals surface area contributed by atoms with Gasteiger partial charge >= 0.3 is 12.2 Å². The van der Waals surface area contributed by atoms with E-state index in [0.717, 1.165) is 18.4 Å². The van der Waals surface area contributed by atoms with E-state index in [1.165, 1.54) is 7.11 Å². The van der Waals surface area contributed by atoms with Gasteiger partial charge in [-0.2, -0.15) is 0 Å². The molecule has 2 fully saturated rings. The monoisotopic (exact) mass is 602 g/mol. The molecule has 1 aromatic rings. The summed E-state index contributed by atoms with van der Waals surface area (Å²) in [5.74, 6) is 0.106. The van der Waals surface area contributed by atoms with Gasteiger partial charge in [0.25, 0.3) is 11.8 Å². The Morgan fingerprint density at radius 3 is 2.51 bits per heavy atom. The fourth-order valence-corrected chi connectivity index (χ4v) is 6.02. The van der Waals surface area contributed by atoms with E-state index < -0.39 is 17.3 Å². The minimum Gasteiger partial charge on any atom is -0.475 e. The summed E-state index contributed by atoms with van der Waals surface area (Å²) in [6.45, 7) is 13.4. The second-order valence-electron chi connectivity index (χ2n) is 12.7. The number of piperidine rings is 1. The van der Waals surface area contributed by atoms with Crippen LogP contribution in [-0.2, 0) is 19.0 Å². The largest absolute Gasteiger partial charge is 0.475 e. The van der Waals surface area contributed by atoms with Crippen molar-refractivity contribution in [2.24, 2.45) is 0 Å². The molecule has 4 rings (SSSR count). The molecule has 238 valence electrons. The molecule has 12 heteroatoms. The summed E-state index contributed by atoms with van der Waals surface area (Å²) in [5, 5.41) is 2.64. The van der Waals surface area contributed by atoms with Crippen molar-refractivity contribution >= 4 is 29.7 Å². The second-order valence-corrected chi connectivity index (χ2v) is 12.7. The lowest BCUT2D eigenvalue weighted by Gasteiger charge is -2.45. The van der Waals surface area contributed by atoms with Crippen LogP contribution in [0, 0.1) is 6.92 Å². The first kappa shape index (κ1) is 32.4. The summed E-state index contributed by atoms with van der Waals surface area (Å²) < 4.78 is 22.2. The Bertz CT molecular complexity index is 1220. The third-order valence-electron chi connectivity index (χ3n) is 8.09. The van der Waals surface area contributed by atoms with E-state index in [-0.39, 0.29) is 43.1 Å². The first-order valence-corrected chi connectivity index (χ1v) is 15.1. The summed E-state index contributed by atoms with van der Waals surface area (Å²) in [6.07, 6.45) is 1.34. The van der Waals surface area contributed by atoms with Crippen LogP contribution in [0.2, 0.25) is 0 Å². The smallest absolute Gasteiger partial charge is 0.410 e. The van der Waals surface area contributed by atoms with Crippen LogP contribution in [0.15, 0.2) is 12.1 Å². The van der Waals surface area contributed by atoms with Gasteiger partial charge < -0.3 is 39.0 Å². The summed E-state index contributed by atoms with van der Waals surface area (Å²) in [5.41, 5.74) is -0.0271. The molecule has 0 radical (unpaired) electrons. The van der Waals surface area contributed by atoms with Gasteiger partial charge in [0.1, 0.15) is 11.4 Å². The van der Waals surface area contributed by atoms with Crippen LogP contribution in [-0.4, -0.2) is 104 Å². The molecule has 1 aromatic carbocycles. The molecular weight excluding hydrogens is 556 g/mol. The topological polar surface area (TPSA) is 127 Å². The first-order chi connectivity index (χ1) is 20.3. The maximum atomic E-state index is 14.3. The molecule has 4 amide bonds. The van der Waals surface area contributed by atoms with Crippen molar-refractivity contribution in [3.8, 4) is 5.75 Å². The number of nitrogens with one attached hydrogen (secondary N) is 1. The average molecular weight is 603 g/mol. The van der Waals surface area contributed by atoms with Gasteiger partial charge in [0.2, 0.25) is 0 Å². The zero-order valence-corrected chi connectivity index (χ0v) is 26.5. The summed E-state index contributed by atoms with van der Waals surface area (Å²) in [6, 6.07) is 3.20. The molecule has 0 aromatic heterocycles. The molecule has 43 heavy (non-hydrogen) atoms. The van der Waals surface area contributed by atoms with Gasteiger partial charge in [-0.15, -0.1) is 0 Å². The Labute approximate surface area is 253 Å². The number of anilines is 1. The molecule has 0 bridgehead atoms. The van der Waals surface area contributed by atoms with Crippen molar-refractivity contribution in [2.75, 3.05) is 51.4 Å². The first-order valence-electron chi connectivity index (χ1n) is 15.1. The van der Waals surface area contributed by atoms with E-state index in [1.54, 1.807) is 15.9 Å². The van der Waals surface area contributed by atoms with Crippen LogP contribution in [0.3, 0.4) is 0 Å². The van der Waals surface area contributed by atoms with Gasteiger partial charge in [0.15, 0.2) is 5.60 Å². The number of amides is 4. The van der Waals surface area contributed by atoms with Crippen molar-refractivity contribution in [2.45, 2.75) is 90.5 Å². The molecule has 0 unspecified atom stereocenters. The number of carbonyl (C=O) groups excluding carboxylic acids is 4. The van der Waals surface area contributed by atoms with Crippen LogP contribution in [0.25, 0.3) is 0 Å². The molecule has 3 aliphatic rings. The Balaban J connectivity index is 1.65. The Morgan fingerprint density at radius 2 is 1.88 bits per heavy atom. The van der Waals surface area contributed by atoms with E-state index in [2.05, 4.69) is 10.1 Å². The molecular formula is C31H46N4O8. The Morgan fingerprint density at radius 1 is 1.19 bits per heavy atom. The van der Waals surface area contributed by atoms with Crippen molar-refractivity contribution < 1.29 is 38.1 Å².